The van der Waals surface area contributed by atoms with Crippen LogP contribution in [0.3, 0.4) is 0 Å². The van der Waals surface area contributed by atoms with E-state index in [1.54, 1.807) is 0 Å². The quantitative estimate of drug-likeness (QED) is 0.539. The number of fused-ring (bicyclic) bond motifs is 2. The van der Waals surface area contributed by atoms with E-state index in [1.807, 2.05) is 0 Å². The maximum absolute atomic E-state index is 3.74. The van der Waals surface area contributed by atoms with Gasteiger partial charge in [0.1, 0.15) is 0 Å². The molecule has 1 aliphatic heterocycles. The minimum absolute atomic E-state index is 0.581. The summed E-state index contributed by atoms with van der Waals surface area (Å²) in [5.41, 5.74) is 7.81. The number of nitrogens with zero attached hydrogens (tertiary/aromatic N) is 3. The van der Waals surface area contributed by atoms with Crippen LogP contribution in [0.5, 0.6) is 0 Å². The van der Waals surface area contributed by atoms with E-state index in [2.05, 4.69) is 84.1 Å². The van der Waals surface area contributed by atoms with Gasteiger partial charge in [-0.3, -0.25) is 0 Å². The third-order valence-corrected chi connectivity index (χ3v) is 6.95. The Hall–Kier alpha value is -2.36. The van der Waals surface area contributed by atoms with E-state index in [9.17, 15) is 0 Å². The molecule has 4 heteroatoms. The Balaban J connectivity index is 1.81. The Morgan fingerprint density at radius 1 is 0.733 bits per heavy atom. The van der Waals surface area contributed by atoms with Crippen molar-refractivity contribution in [3.8, 4) is 0 Å². The molecule has 0 radical (unpaired) electrons. The zero-order valence-electron chi connectivity index (χ0n) is 19.2. The van der Waals surface area contributed by atoms with Gasteiger partial charge < -0.3 is 20.0 Å². The molecule has 0 spiro atoms. The molecular weight excluding hydrogens is 368 g/mol. The van der Waals surface area contributed by atoms with E-state index in [1.165, 1.54) is 66.2 Å². The van der Waals surface area contributed by atoms with Crippen molar-refractivity contribution >= 4 is 34.1 Å². The van der Waals surface area contributed by atoms with Crippen molar-refractivity contribution in [2.45, 2.75) is 65.8 Å². The summed E-state index contributed by atoms with van der Waals surface area (Å²) < 4.78 is 0. The Morgan fingerprint density at radius 2 is 1.20 bits per heavy atom. The van der Waals surface area contributed by atoms with E-state index in [4.69, 9.17) is 0 Å². The van der Waals surface area contributed by atoms with Crippen LogP contribution in [0.25, 0.3) is 0 Å². The summed E-state index contributed by atoms with van der Waals surface area (Å²) in [6.07, 6.45) is 6.62. The summed E-state index contributed by atoms with van der Waals surface area (Å²) in [5.74, 6) is 0. The molecule has 0 bridgehead atoms. The standard InChI is InChI=1S/C26H38N4/c1-5-28(6-2)21-14-16-23-25(18-21)30(20-12-10-9-11-13-20)26-19-22(29(7-3)8-4)15-17-24(26)27-23/h14-20,27H,5-13H2,1-4H3. The third-order valence-electron chi connectivity index (χ3n) is 6.95. The lowest BCUT2D eigenvalue weighted by Gasteiger charge is -2.42. The highest BCUT2D eigenvalue weighted by Gasteiger charge is 2.30. The van der Waals surface area contributed by atoms with Crippen molar-refractivity contribution in [1.82, 2.24) is 0 Å². The first-order chi connectivity index (χ1) is 14.7. The molecule has 0 aromatic heterocycles. The number of hydrogen-bond acceptors (Lipinski definition) is 4. The van der Waals surface area contributed by atoms with Gasteiger partial charge in [-0.1, -0.05) is 19.3 Å². The highest BCUT2D eigenvalue weighted by molar-refractivity contribution is 5.94. The molecule has 1 aliphatic carbocycles. The second kappa shape index (κ2) is 9.20. The van der Waals surface area contributed by atoms with E-state index in [0.29, 0.717) is 6.04 Å². The molecule has 0 saturated heterocycles. The molecule has 4 rings (SSSR count). The lowest BCUT2D eigenvalue weighted by Crippen LogP contribution is -2.36. The normalized spacial score (nSPS) is 15.9. The molecule has 30 heavy (non-hydrogen) atoms. The Labute approximate surface area is 182 Å². The van der Waals surface area contributed by atoms with Gasteiger partial charge in [0.25, 0.3) is 0 Å². The number of nitrogens with one attached hydrogen (secondary N) is 1. The predicted molar refractivity (Wildman–Crippen MR) is 132 cm³/mol. The fraction of sp³-hybridized carbons (Fsp3) is 0.538. The molecule has 1 N–H and O–H groups in total. The van der Waals surface area contributed by atoms with Crippen LogP contribution in [0, 0.1) is 0 Å². The smallest absolute Gasteiger partial charge is 0.0674 e. The van der Waals surface area contributed by atoms with Crippen LogP contribution in [-0.2, 0) is 0 Å². The summed E-state index contributed by atoms with van der Waals surface area (Å²) in [6, 6.07) is 14.5. The van der Waals surface area contributed by atoms with Crippen LogP contribution in [0.1, 0.15) is 59.8 Å². The summed E-state index contributed by atoms with van der Waals surface area (Å²) in [4.78, 5) is 7.56. The van der Waals surface area contributed by atoms with Crippen LogP contribution in [0.2, 0.25) is 0 Å². The average Bonchev–Trinajstić information content (AvgIpc) is 2.79. The van der Waals surface area contributed by atoms with Crippen LogP contribution in [-0.4, -0.2) is 32.2 Å². The molecule has 4 nitrogen and oxygen atoms in total. The topological polar surface area (TPSA) is 21.8 Å². The van der Waals surface area contributed by atoms with Crippen molar-refractivity contribution < 1.29 is 0 Å². The lowest BCUT2D eigenvalue weighted by molar-refractivity contribution is 0.436. The lowest BCUT2D eigenvalue weighted by atomic mass is 9.92. The molecular formula is C26H38N4. The maximum atomic E-state index is 3.74. The first-order valence-corrected chi connectivity index (χ1v) is 12.0. The van der Waals surface area contributed by atoms with Gasteiger partial charge in [-0.05, 0) is 76.9 Å². The van der Waals surface area contributed by atoms with Crippen molar-refractivity contribution in [1.29, 1.82) is 0 Å². The minimum Gasteiger partial charge on any atom is -0.372 e. The zero-order valence-corrected chi connectivity index (χ0v) is 19.2. The molecule has 1 heterocycles. The summed E-state index contributed by atoms with van der Waals surface area (Å²) in [6.45, 7) is 13.1. The monoisotopic (exact) mass is 406 g/mol. The van der Waals surface area contributed by atoms with E-state index in [0.717, 1.165) is 26.2 Å². The van der Waals surface area contributed by atoms with Gasteiger partial charge in [-0.2, -0.15) is 0 Å². The second-order valence-electron chi connectivity index (χ2n) is 8.53. The number of benzene rings is 2. The summed E-state index contributed by atoms with van der Waals surface area (Å²) in [7, 11) is 0. The molecule has 0 amide bonds. The maximum Gasteiger partial charge on any atom is 0.0674 e. The van der Waals surface area contributed by atoms with Gasteiger partial charge in [0.15, 0.2) is 0 Å². The highest BCUT2D eigenvalue weighted by Crippen LogP contribution is 2.49. The summed E-state index contributed by atoms with van der Waals surface area (Å²) in [5, 5.41) is 3.74. The molecule has 2 aromatic carbocycles. The van der Waals surface area contributed by atoms with Gasteiger partial charge in [-0.25, -0.2) is 0 Å². The Morgan fingerprint density at radius 3 is 1.63 bits per heavy atom. The summed E-state index contributed by atoms with van der Waals surface area (Å²) >= 11 is 0. The number of hydrogen-bond donors (Lipinski definition) is 1. The van der Waals surface area contributed by atoms with Gasteiger partial charge in [-0.15, -0.1) is 0 Å². The van der Waals surface area contributed by atoms with Gasteiger partial charge >= 0.3 is 0 Å². The number of rotatable bonds is 7. The van der Waals surface area contributed by atoms with Crippen molar-refractivity contribution in [2.75, 3.05) is 46.2 Å². The van der Waals surface area contributed by atoms with E-state index in [-0.39, 0.29) is 0 Å². The highest BCUT2D eigenvalue weighted by atomic mass is 15.2. The van der Waals surface area contributed by atoms with E-state index >= 15 is 0 Å². The van der Waals surface area contributed by atoms with Gasteiger partial charge in [0, 0.05) is 43.6 Å². The van der Waals surface area contributed by atoms with Crippen LogP contribution >= 0.6 is 0 Å². The minimum atomic E-state index is 0.581. The van der Waals surface area contributed by atoms with Crippen LogP contribution in [0.4, 0.5) is 34.1 Å². The fourth-order valence-corrected chi connectivity index (χ4v) is 5.23. The molecule has 2 aromatic rings. The van der Waals surface area contributed by atoms with Crippen LogP contribution < -0.4 is 20.0 Å². The second-order valence-corrected chi connectivity index (χ2v) is 8.53. The fourth-order valence-electron chi connectivity index (χ4n) is 5.23. The largest absolute Gasteiger partial charge is 0.372 e. The SMILES string of the molecule is CCN(CC)c1ccc2c(c1)N(C1CCCCC1)c1cc(N(CC)CC)ccc1N2. The zero-order chi connectivity index (χ0) is 21.1. The van der Waals surface area contributed by atoms with E-state index < -0.39 is 0 Å². The molecule has 0 unspecified atom stereocenters. The Bertz CT molecular complexity index is 787. The molecule has 1 saturated carbocycles. The molecule has 162 valence electrons. The first-order valence-electron chi connectivity index (χ1n) is 12.0. The Kier molecular flexibility index (Phi) is 6.40. The molecule has 1 fully saturated rings. The molecule has 2 aliphatic rings. The van der Waals surface area contributed by atoms with Crippen molar-refractivity contribution in [2.24, 2.45) is 0 Å². The molecule has 0 atom stereocenters. The first kappa shape index (κ1) is 20.9. The average molecular weight is 407 g/mol. The van der Waals surface area contributed by atoms with Crippen molar-refractivity contribution in [3.05, 3.63) is 36.4 Å². The van der Waals surface area contributed by atoms with Crippen LogP contribution in [0.15, 0.2) is 36.4 Å². The number of anilines is 6. The van der Waals surface area contributed by atoms with Crippen molar-refractivity contribution in [3.63, 3.8) is 0 Å². The van der Waals surface area contributed by atoms with Gasteiger partial charge in [0.05, 0.1) is 22.7 Å². The van der Waals surface area contributed by atoms with Gasteiger partial charge in [0.2, 0.25) is 0 Å². The predicted octanol–water partition coefficient (Wildman–Crippen LogP) is 6.91. The third kappa shape index (κ3) is 3.84.